The molecule has 2 aliphatic heterocycles. The van der Waals surface area contributed by atoms with Gasteiger partial charge >= 0.3 is 0 Å². The summed E-state index contributed by atoms with van der Waals surface area (Å²) in [7, 11) is 0. The molecule has 0 aliphatic carbocycles. The number of hydrogen-bond donors (Lipinski definition) is 0. The fraction of sp³-hybridized carbons (Fsp3) is 0.647. The highest BCUT2D eigenvalue weighted by Gasteiger charge is 2.28. The summed E-state index contributed by atoms with van der Waals surface area (Å²) in [4.78, 5) is 21.5. The first-order valence-electron chi connectivity index (χ1n) is 8.28. The van der Waals surface area contributed by atoms with Crippen LogP contribution in [0, 0.1) is 0 Å². The van der Waals surface area contributed by atoms with E-state index in [0.29, 0.717) is 6.04 Å². The highest BCUT2D eigenvalue weighted by molar-refractivity contribution is 5.94. The molecule has 4 heteroatoms. The van der Waals surface area contributed by atoms with Crippen LogP contribution >= 0.6 is 0 Å². The first kappa shape index (κ1) is 14.5. The zero-order chi connectivity index (χ0) is 14.5. The van der Waals surface area contributed by atoms with Crippen LogP contribution in [0.2, 0.25) is 0 Å². The minimum Gasteiger partial charge on any atom is -0.334 e. The van der Waals surface area contributed by atoms with Gasteiger partial charge in [-0.3, -0.25) is 9.78 Å². The third kappa shape index (κ3) is 3.62. The number of amides is 1. The second-order valence-electron chi connectivity index (χ2n) is 6.25. The lowest BCUT2D eigenvalue weighted by Crippen LogP contribution is -2.46. The maximum absolute atomic E-state index is 12.8. The van der Waals surface area contributed by atoms with Crippen molar-refractivity contribution in [1.29, 1.82) is 0 Å². The van der Waals surface area contributed by atoms with Crippen molar-refractivity contribution in [3.8, 4) is 0 Å². The highest BCUT2D eigenvalue weighted by Crippen LogP contribution is 2.21. The lowest BCUT2D eigenvalue weighted by molar-refractivity contribution is 0.0643. The van der Waals surface area contributed by atoms with E-state index < -0.39 is 0 Å². The molecule has 2 aliphatic rings. The van der Waals surface area contributed by atoms with Gasteiger partial charge in [-0.05, 0) is 50.9 Å². The van der Waals surface area contributed by atoms with Crippen LogP contribution in [-0.2, 0) is 0 Å². The fourth-order valence-electron chi connectivity index (χ4n) is 3.56. The molecule has 0 radical (unpaired) electrons. The van der Waals surface area contributed by atoms with Crippen LogP contribution in [0.5, 0.6) is 0 Å². The van der Waals surface area contributed by atoms with E-state index in [4.69, 9.17) is 0 Å². The largest absolute Gasteiger partial charge is 0.334 e. The molecule has 1 atom stereocenters. The Balaban J connectivity index is 1.73. The maximum atomic E-state index is 12.8. The molecule has 0 spiro atoms. The van der Waals surface area contributed by atoms with Crippen molar-refractivity contribution in [2.75, 3.05) is 26.2 Å². The molecule has 4 nitrogen and oxygen atoms in total. The van der Waals surface area contributed by atoms with E-state index in [1.165, 1.54) is 38.8 Å². The summed E-state index contributed by atoms with van der Waals surface area (Å²) in [6.45, 7) is 4.36. The van der Waals surface area contributed by atoms with Crippen LogP contribution in [0.1, 0.15) is 48.9 Å². The van der Waals surface area contributed by atoms with Crippen LogP contribution < -0.4 is 0 Å². The average molecular weight is 287 g/mol. The minimum atomic E-state index is 0.184. The number of carbonyl (C=O) groups is 1. The quantitative estimate of drug-likeness (QED) is 0.857. The van der Waals surface area contributed by atoms with Crippen molar-refractivity contribution >= 4 is 5.91 Å². The van der Waals surface area contributed by atoms with E-state index in [-0.39, 0.29) is 5.91 Å². The third-order valence-corrected chi connectivity index (χ3v) is 4.73. The van der Waals surface area contributed by atoms with Gasteiger partial charge in [0, 0.05) is 37.1 Å². The van der Waals surface area contributed by atoms with Gasteiger partial charge in [0.2, 0.25) is 0 Å². The molecular weight excluding hydrogens is 262 g/mol. The molecule has 3 heterocycles. The van der Waals surface area contributed by atoms with E-state index in [9.17, 15) is 4.79 Å². The number of hydrogen-bond acceptors (Lipinski definition) is 3. The van der Waals surface area contributed by atoms with Gasteiger partial charge in [-0.1, -0.05) is 12.8 Å². The molecule has 2 fully saturated rings. The van der Waals surface area contributed by atoms with Gasteiger partial charge in [0.05, 0.1) is 0 Å². The summed E-state index contributed by atoms with van der Waals surface area (Å²) in [6.07, 6.45) is 10.8. The molecule has 0 bridgehead atoms. The normalized spacial score (nSPS) is 24.0. The van der Waals surface area contributed by atoms with Crippen molar-refractivity contribution in [3.63, 3.8) is 0 Å². The van der Waals surface area contributed by atoms with Crippen LogP contribution in [0.4, 0.5) is 0 Å². The predicted molar refractivity (Wildman–Crippen MR) is 83.2 cm³/mol. The van der Waals surface area contributed by atoms with E-state index in [2.05, 4.69) is 14.8 Å². The van der Waals surface area contributed by atoms with Gasteiger partial charge in [-0.15, -0.1) is 0 Å². The molecule has 1 amide bonds. The third-order valence-electron chi connectivity index (χ3n) is 4.73. The summed E-state index contributed by atoms with van der Waals surface area (Å²) >= 11 is 0. The molecule has 1 aromatic rings. The Morgan fingerprint density at radius 3 is 2.52 bits per heavy atom. The fourth-order valence-corrected chi connectivity index (χ4v) is 3.56. The summed E-state index contributed by atoms with van der Waals surface area (Å²) in [6, 6.07) is 4.05. The van der Waals surface area contributed by atoms with Gasteiger partial charge in [-0.2, -0.15) is 0 Å². The molecule has 114 valence electrons. The van der Waals surface area contributed by atoms with Crippen molar-refractivity contribution in [3.05, 3.63) is 30.1 Å². The molecule has 3 rings (SSSR count). The molecule has 0 saturated carbocycles. The monoisotopic (exact) mass is 287 g/mol. The number of aromatic nitrogens is 1. The smallest absolute Gasteiger partial charge is 0.254 e. The summed E-state index contributed by atoms with van der Waals surface area (Å²) in [5, 5.41) is 0. The Morgan fingerprint density at radius 1 is 1.05 bits per heavy atom. The van der Waals surface area contributed by atoms with E-state index in [1.807, 2.05) is 12.1 Å². The predicted octanol–water partition coefficient (Wildman–Crippen LogP) is 2.56. The van der Waals surface area contributed by atoms with Gasteiger partial charge in [0.25, 0.3) is 5.91 Å². The van der Waals surface area contributed by atoms with E-state index in [0.717, 1.165) is 31.5 Å². The molecule has 1 unspecified atom stereocenters. The summed E-state index contributed by atoms with van der Waals surface area (Å²) in [5.74, 6) is 0.184. The van der Waals surface area contributed by atoms with Crippen molar-refractivity contribution in [2.24, 2.45) is 0 Å². The zero-order valence-electron chi connectivity index (χ0n) is 12.7. The van der Waals surface area contributed by atoms with Crippen molar-refractivity contribution < 1.29 is 4.79 Å². The lowest BCUT2D eigenvalue weighted by Gasteiger charge is -2.33. The van der Waals surface area contributed by atoms with Crippen LogP contribution in [-0.4, -0.2) is 52.9 Å². The molecule has 1 aromatic heterocycles. The van der Waals surface area contributed by atoms with Gasteiger partial charge in [-0.25, -0.2) is 0 Å². The first-order chi connectivity index (χ1) is 10.3. The molecular formula is C17H25N3O. The average Bonchev–Trinajstić information content (AvgIpc) is 2.92. The topological polar surface area (TPSA) is 36.4 Å². The second-order valence-corrected chi connectivity index (χ2v) is 6.25. The van der Waals surface area contributed by atoms with Crippen molar-refractivity contribution in [1.82, 2.24) is 14.8 Å². The molecule has 2 saturated heterocycles. The minimum absolute atomic E-state index is 0.184. The van der Waals surface area contributed by atoms with E-state index >= 15 is 0 Å². The highest BCUT2D eigenvalue weighted by atomic mass is 16.2. The Bertz CT molecular complexity index is 456. The van der Waals surface area contributed by atoms with Gasteiger partial charge < -0.3 is 9.80 Å². The second kappa shape index (κ2) is 7.03. The summed E-state index contributed by atoms with van der Waals surface area (Å²) in [5.41, 5.74) is 0.776. The Morgan fingerprint density at radius 2 is 1.76 bits per heavy atom. The summed E-state index contributed by atoms with van der Waals surface area (Å²) < 4.78 is 0. The number of rotatable bonds is 3. The Hall–Kier alpha value is -1.42. The van der Waals surface area contributed by atoms with Crippen LogP contribution in [0.15, 0.2) is 24.5 Å². The molecule has 0 aromatic carbocycles. The van der Waals surface area contributed by atoms with E-state index in [1.54, 1.807) is 12.4 Å². The van der Waals surface area contributed by atoms with Crippen molar-refractivity contribution in [2.45, 2.75) is 44.6 Å². The van der Waals surface area contributed by atoms with Crippen LogP contribution in [0.3, 0.4) is 0 Å². The molecule has 0 N–H and O–H groups in total. The number of pyridine rings is 1. The van der Waals surface area contributed by atoms with Gasteiger partial charge in [0.1, 0.15) is 0 Å². The Kier molecular flexibility index (Phi) is 4.86. The first-order valence-corrected chi connectivity index (χ1v) is 8.28. The van der Waals surface area contributed by atoms with Gasteiger partial charge in [0.15, 0.2) is 0 Å². The number of carbonyl (C=O) groups excluding carboxylic acids is 1. The zero-order valence-corrected chi connectivity index (χ0v) is 12.7. The maximum Gasteiger partial charge on any atom is 0.254 e. The SMILES string of the molecule is O=C(c1ccncc1)N1CCCCCC1CN1CCCC1. The lowest BCUT2D eigenvalue weighted by atomic mass is 10.1. The number of likely N-dealkylation sites (tertiary alicyclic amines) is 2. The standard InChI is InChI=1S/C17H25N3O/c21-17(15-7-9-18-10-8-15)20-13-3-1-2-6-16(20)14-19-11-4-5-12-19/h7-10,16H,1-6,11-14H2. The van der Waals surface area contributed by atoms with Crippen LogP contribution in [0.25, 0.3) is 0 Å². The molecule has 21 heavy (non-hydrogen) atoms. The Labute approximate surface area is 127 Å². The number of nitrogens with zero attached hydrogens (tertiary/aromatic N) is 3.